The van der Waals surface area contributed by atoms with E-state index in [2.05, 4.69) is 9.78 Å². The zero-order valence-corrected chi connectivity index (χ0v) is 18.8. The molecule has 1 fully saturated rings. The zero-order valence-electron chi connectivity index (χ0n) is 18.0. The van der Waals surface area contributed by atoms with Crippen LogP contribution in [-0.4, -0.2) is 32.6 Å². The molecule has 2 N–H and O–H groups in total. The van der Waals surface area contributed by atoms with Crippen LogP contribution in [0.1, 0.15) is 52.3 Å². The molecule has 164 valence electrons. The Labute approximate surface area is 189 Å². The molecule has 1 aliphatic carbocycles. The number of amides is 1. The Hall–Kier alpha value is -3.23. The van der Waals surface area contributed by atoms with Gasteiger partial charge in [0.25, 0.3) is 5.91 Å². The van der Waals surface area contributed by atoms with Crippen molar-refractivity contribution in [2.75, 3.05) is 7.11 Å². The Balaban J connectivity index is 1.56. The predicted molar refractivity (Wildman–Crippen MR) is 123 cm³/mol. The van der Waals surface area contributed by atoms with Gasteiger partial charge in [0.15, 0.2) is 0 Å². The number of carbonyl (C=O) groups excluding carboxylic acids is 1. The van der Waals surface area contributed by atoms with Crippen molar-refractivity contribution in [1.82, 2.24) is 19.8 Å². The summed E-state index contributed by atoms with van der Waals surface area (Å²) < 4.78 is 7.39. The van der Waals surface area contributed by atoms with E-state index in [0.29, 0.717) is 5.56 Å². The number of benzene rings is 1. The number of ether oxygens (including phenoxy) is 1. The highest BCUT2D eigenvalue weighted by Crippen LogP contribution is 2.48. The van der Waals surface area contributed by atoms with Crippen molar-refractivity contribution in [3.8, 4) is 17.1 Å². The van der Waals surface area contributed by atoms with Crippen LogP contribution in [0, 0.1) is 6.92 Å². The molecule has 5 rings (SSSR count). The number of carbonyl (C=O) groups is 1. The summed E-state index contributed by atoms with van der Waals surface area (Å²) in [7, 11) is 1.65. The molecule has 1 aromatic carbocycles. The Morgan fingerprint density at radius 3 is 2.62 bits per heavy atom. The number of pyridine rings is 1. The molecule has 1 amide bonds. The van der Waals surface area contributed by atoms with E-state index < -0.39 is 5.91 Å². The van der Waals surface area contributed by atoms with E-state index in [1.165, 1.54) is 0 Å². The van der Waals surface area contributed by atoms with Gasteiger partial charge in [-0.05, 0) is 43.5 Å². The number of nitrogens with one attached hydrogen (secondary N) is 1. The van der Waals surface area contributed by atoms with Crippen LogP contribution in [0.25, 0.3) is 17.0 Å². The second kappa shape index (κ2) is 8.03. The highest BCUT2D eigenvalue weighted by molar-refractivity contribution is 7.10. The molecule has 4 aromatic rings. The second-order valence-corrected chi connectivity index (χ2v) is 9.04. The molecule has 1 aliphatic rings. The molecular weight excluding hydrogens is 424 g/mol. The Kier molecular flexibility index (Phi) is 5.19. The lowest BCUT2D eigenvalue weighted by atomic mass is 9.79. The number of fused-ring (bicyclic) bond motifs is 1. The topological polar surface area (TPSA) is 88.8 Å². The van der Waals surface area contributed by atoms with E-state index in [4.69, 9.17) is 19.9 Å². The molecule has 32 heavy (non-hydrogen) atoms. The first-order valence-corrected chi connectivity index (χ1v) is 11.5. The van der Waals surface area contributed by atoms with E-state index in [1.54, 1.807) is 36.1 Å². The minimum Gasteiger partial charge on any atom is -0.497 e. The van der Waals surface area contributed by atoms with Gasteiger partial charge in [0.05, 0.1) is 18.5 Å². The summed E-state index contributed by atoms with van der Waals surface area (Å²) in [5.41, 5.74) is 6.79. The number of hydrogen-bond donors (Lipinski definition) is 2. The standard InChI is InChI=1S/C24H24N4O3S/c1-15-21(28-12-9-18(31-2)13-20(28)25-15)19-14-32-23(26-19)24(10-3-4-11-24)17-7-5-16(6-8-17)22(29)27-30/h5-9,12-14,30H,3-4,10-11H2,1-2H3,(H,27,29). The summed E-state index contributed by atoms with van der Waals surface area (Å²) in [4.78, 5) is 21.5. The lowest BCUT2D eigenvalue weighted by molar-refractivity contribution is 0.0706. The van der Waals surface area contributed by atoms with E-state index in [9.17, 15) is 4.79 Å². The van der Waals surface area contributed by atoms with Crippen molar-refractivity contribution in [3.05, 3.63) is 69.8 Å². The molecule has 3 aromatic heterocycles. The molecule has 0 radical (unpaired) electrons. The fraction of sp³-hybridized carbons (Fsp3) is 0.292. The van der Waals surface area contributed by atoms with Gasteiger partial charge in [-0.2, -0.15) is 0 Å². The lowest BCUT2D eigenvalue weighted by Gasteiger charge is -2.27. The van der Waals surface area contributed by atoms with Gasteiger partial charge in [0.1, 0.15) is 22.1 Å². The second-order valence-electron chi connectivity index (χ2n) is 8.19. The summed E-state index contributed by atoms with van der Waals surface area (Å²) in [6.07, 6.45) is 6.30. The maximum Gasteiger partial charge on any atom is 0.274 e. The van der Waals surface area contributed by atoms with Crippen molar-refractivity contribution in [2.24, 2.45) is 0 Å². The maximum atomic E-state index is 11.7. The van der Waals surface area contributed by atoms with Gasteiger partial charge in [-0.1, -0.05) is 25.0 Å². The fourth-order valence-electron chi connectivity index (χ4n) is 4.79. The first-order chi connectivity index (χ1) is 15.6. The van der Waals surface area contributed by atoms with Crippen LogP contribution in [0.3, 0.4) is 0 Å². The minimum absolute atomic E-state index is 0.158. The molecule has 0 saturated heterocycles. The number of aromatic nitrogens is 3. The quantitative estimate of drug-likeness (QED) is 0.340. The normalized spacial score (nSPS) is 15.2. The molecule has 0 bridgehead atoms. The van der Waals surface area contributed by atoms with Crippen molar-refractivity contribution >= 4 is 22.9 Å². The third kappa shape index (κ3) is 3.27. The SMILES string of the molecule is COc1ccn2c(-c3csc(C4(c5ccc(C(=O)NO)cc5)CCCC4)n3)c(C)nc2c1. The first-order valence-electron chi connectivity index (χ1n) is 10.6. The van der Waals surface area contributed by atoms with Crippen LogP contribution >= 0.6 is 11.3 Å². The highest BCUT2D eigenvalue weighted by atomic mass is 32.1. The number of aryl methyl sites for hydroxylation is 1. The van der Waals surface area contributed by atoms with Gasteiger partial charge in [-0.3, -0.25) is 14.4 Å². The average Bonchev–Trinajstić information content (AvgIpc) is 3.56. The van der Waals surface area contributed by atoms with Gasteiger partial charge in [-0.25, -0.2) is 15.4 Å². The van der Waals surface area contributed by atoms with E-state index in [-0.39, 0.29) is 5.41 Å². The van der Waals surface area contributed by atoms with E-state index >= 15 is 0 Å². The van der Waals surface area contributed by atoms with Crippen molar-refractivity contribution in [2.45, 2.75) is 38.0 Å². The maximum absolute atomic E-state index is 11.7. The van der Waals surface area contributed by atoms with Gasteiger partial charge < -0.3 is 4.74 Å². The first kappa shape index (κ1) is 20.7. The van der Waals surface area contributed by atoms with Crippen LogP contribution in [0.4, 0.5) is 0 Å². The van der Waals surface area contributed by atoms with Gasteiger partial charge in [-0.15, -0.1) is 11.3 Å². The number of imidazole rings is 1. The monoisotopic (exact) mass is 448 g/mol. The molecule has 0 atom stereocenters. The third-order valence-electron chi connectivity index (χ3n) is 6.42. The molecule has 0 spiro atoms. The molecule has 3 heterocycles. The smallest absolute Gasteiger partial charge is 0.274 e. The van der Waals surface area contributed by atoms with Crippen molar-refractivity contribution < 1.29 is 14.7 Å². The molecule has 7 nitrogen and oxygen atoms in total. The van der Waals surface area contributed by atoms with Gasteiger partial charge >= 0.3 is 0 Å². The molecule has 0 unspecified atom stereocenters. The number of thiazole rings is 1. The molecule has 1 saturated carbocycles. The molecular formula is C24H24N4O3S. The van der Waals surface area contributed by atoms with Crippen molar-refractivity contribution in [3.63, 3.8) is 0 Å². The number of methoxy groups -OCH3 is 1. The summed E-state index contributed by atoms with van der Waals surface area (Å²) in [5.74, 6) is 0.268. The summed E-state index contributed by atoms with van der Waals surface area (Å²) >= 11 is 1.68. The summed E-state index contributed by atoms with van der Waals surface area (Å²) in [6, 6.07) is 11.3. The number of hydrogen-bond acceptors (Lipinski definition) is 6. The summed E-state index contributed by atoms with van der Waals surface area (Å²) in [5, 5.41) is 12.1. The minimum atomic E-state index is -0.506. The third-order valence-corrected chi connectivity index (χ3v) is 7.47. The Morgan fingerprint density at radius 2 is 1.94 bits per heavy atom. The van der Waals surface area contributed by atoms with Crippen LogP contribution < -0.4 is 10.2 Å². The van der Waals surface area contributed by atoms with Gasteiger partial charge in [0, 0.05) is 28.6 Å². The largest absolute Gasteiger partial charge is 0.497 e. The average molecular weight is 449 g/mol. The van der Waals surface area contributed by atoms with E-state index in [0.717, 1.165) is 64.7 Å². The number of hydroxylamine groups is 1. The molecule has 0 aliphatic heterocycles. The Bertz CT molecular complexity index is 1290. The van der Waals surface area contributed by atoms with Crippen LogP contribution in [0.15, 0.2) is 48.0 Å². The van der Waals surface area contributed by atoms with Crippen molar-refractivity contribution in [1.29, 1.82) is 0 Å². The Morgan fingerprint density at radius 1 is 1.19 bits per heavy atom. The lowest BCUT2D eigenvalue weighted by Crippen LogP contribution is -2.24. The highest BCUT2D eigenvalue weighted by Gasteiger charge is 2.40. The zero-order chi connectivity index (χ0) is 22.3. The number of nitrogens with zero attached hydrogens (tertiary/aromatic N) is 3. The predicted octanol–water partition coefficient (Wildman–Crippen LogP) is 4.75. The summed E-state index contributed by atoms with van der Waals surface area (Å²) in [6.45, 7) is 2.00. The van der Waals surface area contributed by atoms with E-state index in [1.807, 2.05) is 37.4 Å². The van der Waals surface area contributed by atoms with Crippen LogP contribution in [-0.2, 0) is 5.41 Å². The fourth-order valence-corrected chi connectivity index (χ4v) is 5.88. The molecule has 8 heteroatoms. The van der Waals surface area contributed by atoms with Gasteiger partial charge in [0.2, 0.25) is 0 Å². The number of rotatable bonds is 5. The van der Waals surface area contributed by atoms with Crippen LogP contribution in [0.5, 0.6) is 5.75 Å². The van der Waals surface area contributed by atoms with Crippen LogP contribution in [0.2, 0.25) is 0 Å².